The quantitative estimate of drug-likeness (QED) is 0.769. The summed E-state index contributed by atoms with van der Waals surface area (Å²) in [6.45, 7) is 2.65. The van der Waals surface area contributed by atoms with Crippen LogP contribution in [0.2, 0.25) is 0 Å². The average molecular weight is 333 g/mol. The van der Waals surface area contributed by atoms with Crippen molar-refractivity contribution in [3.63, 3.8) is 0 Å². The Balaban J connectivity index is 1.51. The molecule has 0 spiro atoms. The number of aromatic nitrogens is 3. The molecule has 0 aliphatic carbocycles. The van der Waals surface area contributed by atoms with Gasteiger partial charge in [-0.3, -0.25) is 4.79 Å². The Kier molecular flexibility index (Phi) is 3.93. The van der Waals surface area contributed by atoms with Gasteiger partial charge in [-0.05, 0) is 36.2 Å². The van der Waals surface area contributed by atoms with Crippen LogP contribution in [-0.2, 0) is 4.79 Å². The maximum Gasteiger partial charge on any atom is 0.225 e. The summed E-state index contributed by atoms with van der Waals surface area (Å²) in [5.41, 5.74) is 3.15. The monoisotopic (exact) mass is 333 g/mol. The van der Waals surface area contributed by atoms with Gasteiger partial charge >= 0.3 is 0 Å². The molecule has 2 N–H and O–H groups in total. The molecule has 3 aromatic rings. The van der Waals surface area contributed by atoms with E-state index < -0.39 is 0 Å². The van der Waals surface area contributed by atoms with Crippen molar-refractivity contribution in [3.8, 4) is 5.82 Å². The molecule has 25 heavy (non-hydrogen) atoms. The number of carbonyl (C=O) groups excluding carboxylic acids is 1. The van der Waals surface area contributed by atoms with E-state index in [0.29, 0.717) is 13.0 Å². The van der Waals surface area contributed by atoms with E-state index in [1.807, 2.05) is 49.5 Å². The lowest BCUT2D eigenvalue weighted by Gasteiger charge is -2.25. The van der Waals surface area contributed by atoms with Crippen molar-refractivity contribution in [1.29, 1.82) is 0 Å². The molecule has 1 aliphatic heterocycles. The van der Waals surface area contributed by atoms with Gasteiger partial charge in [-0.15, -0.1) is 0 Å². The summed E-state index contributed by atoms with van der Waals surface area (Å²) >= 11 is 0. The molecule has 0 saturated heterocycles. The first-order valence-corrected chi connectivity index (χ1v) is 8.30. The van der Waals surface area contributed by atoms with Gasteiger partial charge in [0.15, 0.2) is 5.82 Å². The fourth-order valence-corrected chi connectivity index (χ4v) is 3.10. The Bertz CT molecular complexity index is 917. The highest BCUT2D eigenvalue weighted by molar-refractivity contribution is 5.94. The van der Waals surface area contributed by atoms with E-state index in [4.69, 9.17) is 0 Å². The van der Waals surface area contributed by atoms with Gasteiger partial charge < -0.3 is 10.6 Å². The van der Waals surface area contributed by atoms with Crippen LogP contribution < -0.4 is 10.6 Å². The number of hydrogen-bond donors (Lipinski definition) is 2. The van der Waals surface area contributed by atoms with E-state index in [-0.39, 0.29) is 11.8 Å². The van der Waals surface area contributed by atoms with E-state index in [1.54, 1.807) is 10.9 Å². The molecular formula is C19H19N5O. The number of carbonyl (C=O) groups is 1. The molecule has 6 nitrogen and oxygen atoms in total. The molecule has 3 heterocycles. The average Bonchev–Trinajstić information content (AvgIpc) is 3.06. The number of hydrogen-bond acceptors (Lipinski definition) is 4. The standard InChI is InChI=1S/C19H19N5O/c1-13-10-21-24(12-13)18-8-4-7-17(23-18)20-11-14-9-19(25)22-16-6-3-2-5-15(14)16/h2-8,10,12,14H,9,11H2,1H3,(H,20,23)(H,22,25)/t14-/m0/s1. The molecule has 1 aliphatic rings. The predicted octanol–water partition coefficient (Wildman–Crippen LogP) is 3.11. The highest BCUT2D eigenvalue weighted by Crippen LogP contribution is 2.31. The van der Waals surface area contributed by atoms with Gasteiger partial charge in [-0.25, -0.2) is 9.67 Å². The van der Waals surface area contributed by atoms with Crippen molar-refractivity contribution in [2.24, 2.45) is 0 Å². The lowest BCUT2D eigenvalue weighted by atomic mass is 9.90. The van der Waals surface area contributed by atoms with E-state index in [9.17, 15) is 4.79 Å². The van der Waals surface area contributed by atoms with Crippen LogP contribution in [0.15, 0.2) is 54.9 Å². The van der Waals surface area contributed by atoms with Crippen LogP contribution in [0.5, 0.6) is 0 Å². The van der Waals surface area contributed by atoms with Crippen molar-refractivity contribution >= 4 is 17.4 Å². The second-order valence-electron chi connectivity index (χ2n) is 6.26. The first-order valence-electron chi connectivity index (χ1n) is 8.30. The maximum atomic E-state index is 11.9. The van der Waals surface area contributed by atoms with Crippen LogP contribution >= 0.6 is 0 Å². The number of nitrogens with one attached hydrogen (secondary N) is 2. The minimum atomic E-state index is 0.0548. The highest BCUT2D eigenvalue weighted by atomic mass is 16.1. The topological polar surface area (TPSA) is 71.8 Å². The zero-order valence-corrected chi connectivity index (χ0v) is 13.9. The van der Waals surface area contributed by atoms with Gasteiger partial charge in [0, 0.05) is 30.8 Å². The lowest BCUT2D eigenvalue weighted by molar-refractivity contribution is -0.116. The zero-order chi connectivity index (χ0) is 17.2. The Labute approximate surface area is 145 Å². The van der Waals surface area contributed by atoms with Crippen molar-refractivity contribution in [2.75, 3.05) is 17.2 Å². The fourth-order valence-electron chi connectivity index (χ4n) is 3.10. The number of para-hydroxylation sites is 1. The minimum absolute atomic E-state index is 0.0548. The van der Waals surface area contributed by atoms with Crippen molar-refractivity contribution < 1.29 is 4.79 Å². The molecule has 2 aromatic heterocycles. The lowest BCUT2D eigenvalue weighted by Crippen LogP contribution is -2.27. The van der Waals surface area contributed by atoms with Gasteiger partial charge in [0.2, 0.25) is 5.91 Å². The zero-order valence-electron chi connectivity index (χ0n) is 13.9. The molecule has 0 unspecified atom stereocenters. The van der Waals surface area contributed by atoms with Crippen molar-refractivity contribution in [3.05, 3.63) is 66.0 Å². The van der Waals surface area contributed by atoms with Gasteiger partial charge in [0.1, 0.15) is 5.82 Å². The second kappa shape index (κ2) is 6.39. The summed E-state index contributed by atoms with van der Waals surface area (Å²) in [5, 5.41) is 10.6. The molecular weight excluding hydrogens is 314 g/mol. The van der Waals surface area contributed by atoms with Crippen molar-refractivity contribution in [2.45, 2.75) is 19.3 Å². The SMILES string of the molecule is Cc1cnn(-c2cccc(NC[C@@H]3CC(=O)Nc4ccccc43)n2)c1. The minimum Gasteiger partial charge on any atom is -0.369 e. The Morgan fingerprint density at radius 1 is 1.24 bits per heavy atom. The van der Waals surface area contributed by atoms with Gasteiger partial charge in [-0.2, -0.15) is 5.10 Å². The molecule has 6 heteroatoms. The molecule has 1 aromatic carbocycles. The molecule has 4 rings (SSSR count). The Morgan fingerprint density at radius 3 is 2.96 bits per heavy atom. The number of nitrogens with zero attached hydrogens (tertiary/aromatic N) is 3. The van der Waals surface area contributed by atoms with E-state index >= 15 is 0 Å². The van der Waals surface area contributed by atoms with Gasteiger partial charge in [0.05, 0.1) is 6.20 Å². The largest absolute Gasteiger partial charge is 0.369 e. The van der Waals surface area contributed by atoms with Crippen LogP contribution in [0.4, 0.5) is 11.5 Å². The van der Waals surface area contributed by atoms with Crippen LogP contribution in [0, 0.1) is 6.92 Å². The van der Waals surface area contributed by atoms with E-state index in [0.717, 1.165) is 28.5 Å². The number of rotatable bonds is 4. The fraction of sp³-hybridized carbons (Fsp3) is 0.211. The molecule has 0 fully saturated rings. The van der Waals surface area contributed by atoms with E-state index in [1.165, 1.54) is 0 Å². The third-order valence-electron chi connectivity index (χ3n) is 4.32. The first-order chi connectivity index (χ1) is 12.2. The van der Waals surface area contributed by atoms with Gasteiger partial charge in [-0.1, -0.05) is 24.3 Å². The molecule has 1 amide bonds. The van der Waals surface area contributed by atoms with Crippen LogP contribution in [0.25, 0.3) is 5.82 Å². The summed E-state index contributed by atoms with van der Waals surface area (Å²) in [5.74, 6) is 1.72. The van der Waals surface area contributed by atoms with E-state index in [2.05, 4.69) is 26.8 Å². The van der Waals surface area contributed by atoms with Gasteiger partial charge in [0.25, 0.3) is 0 Å². The summed E-state index contributed by atoms with van der Waals surface area (Å²) in [4.78, 5) is 16.5. The molecule has 126 valence electrons. The summed E-state index contributed by atoms with van der Waals surface area (Å²) in [6, 6.07) is 13.7. The number of pyridine rings is 1. The number of aryl methyl sites for hydroxylation is 1. The third kappa shape index (κ3) is 3.24. The summed E-state index contributed by atoms with van der Waals surface area (Å²) in [7, 11) is 0. The summed E-state index contributed by atoms with van der Waals surface area (Å²) in [6.07, 6.45) is 4.22. The predicted molar refractivity (Wildman–Crippen MR) is 97.0 cm³/mol. The van der Waals surface area contributed by atoms with Crippen LogP contribution in [0.1, 0.15) is 23.5 Å². The van der Waals surface area contributed by atoms with Crippen LogP contribution in [-0.4, -0.2) is 27.2 Å². The number of amides is 1. The van der Waals surface area contributed by atoms with Crippen LogP contribution in [0.3, 0.4) is 0 Å². The second-order valence-corrected chi connectivity index (χ2v) is 6.26. The smallest absolute Gasteiger partial charge is 0.225 e. The number of anilines is 2. The molecule has 0 bridgehead atoms. The van der Waals surface area contributed by atoms with Crippen molar-refractivity contribution in [1.82, 2.24) is 14.8 Å². The summed E-state index contributed by atoms with van der Waals surface area (Å²) < 4.78 is 1.75. The maximum absolute atomic E-state index is 11.9. The number of benzene rings is 1. The highest BCUT2D eigenvalue weighted by Gasteiger charge is 2.24. The normalized spacial score (nSPS) is 16.2. The Morgan fingerprint density at radius 2 is 2.12 bits per heavy atom. The Hall–Kier alpha value is -3.15. The molecule has 1 atom stereocenters. The molecule has 0 saturated carbocycles. The third-order valence-corrected chi connectivity index (χ3v) is 4.32. The molecule has 0 radical (unpaired) electrons. The first kappa shape index (κ1) is 15.4. The number of fused-ring (bicyclic) bond motifs is 1.